The molecule has 5 N–H and O–H groups in total. The number of nitrogens with one attached hydrogen (secondary N) is 4. The zero-order valence-corrected chi connectivity index (χ0v) is 18.4. The summed E-state index contributed by atoms with van der Waals surface area (Å²) in [5.41, 5.74) is 3.72. The maximum atomic E-state index is 9.95. The number of aromatic amines is 2. The predicted octanol–water partition coefficient (Wildman–Crippen LogP) is 3.10. The van der Waals surface area contributed by atoms with E-state index in [1.807, 2.05) is 45.0 Å². The van der Waals surface area contributed by atoms with Crippen molar-refractivity contribution in [2.75, 3.05) is 19.0 Å². The van der Waals surface area contributed by atoms with Crippen molar-refractivity contribution in [3.8, 4) is 22.9 Å². The van der Waals surface area contributed by atoms with Crippen molar-refractivity contribution in [2.45, 2.75) is 33.0 Å². The van der Waals surface area contributed by atoms with Crippen LogP contribution in [-0.2, 0) is 0 Å². The Hall–Kier alpha value is -3.63. The first-order valence-corrected chi connectivity index (χ1v) is 10.3. The maximum absolute atomic E-state index is 9.95. The summed E-state index contributed by atoms with van der Waals surface area (Å²) in [7, 11) is 1.57. The number of rotatable bonds is 9. The van der Waals surface area contributed by atoms with Crippen LogP contribution in [0.2, 0.25) is 0 Å². The van der Waals surface area contributed by atoms with Crippen molar-refractivity contribution >= 4 is 22.5 Å². The molecule has 168 valence electrons. The fraction of sp³-hybridized carbons (Fsp3) is 0.318. The quantitative estimate of drug-likeness (QED) is 0.252. The summed E-state index contributed by atoms with van der Waals surface area (Å²) >= 11 is 0. The molecule has 4 aromatic rings. The van der Waals surface area contributed by atoms with Crippen LogP contribution in [0, 0.1) is 6.92 Å². The van der Waals surface area contributed by atoms with Gasteiger partial charge in [0.25, 0.3) is 0 Å². The number of benzene rings is 2. The minimum absolute atomic E-state index is 0.102. The Morgan fingerprint density at radius 3 is 2.75 bits per heavy atom. The lowest BCUT2D eigenvalue weighted by Crippen LogP contribution is -2.38. The standard InChI is InChI=1S/C22H27N7O3/c1-12(2)24-20(30)11-32-18-8-5-14(9-19(18)31-4)21-26-22(29-28-21)25-16-6-7-17-15(13(16)3)10-23-27-17/h5-10,12,20,24,30H,11H2,1-4H3,(H,23,27)(H2,25,26,28,29). The molecule has 2 heterocycles. The van der Waals surface area contributed by atoms with Gasteiger partial charge in [0.2, 0.25) is 5.95 Å². The summed E-state index contributed by atoms with van der Waals surface area (Å²) in [6, 6.07) is 9.52. The summed E-state index contributed by atoms with van der Waals surface area (Å²) in [6.07, 6.45) is 1.03. The molecule has 32 heavy (non-hydrogen) atoms. The fourth-order valence-corrected chi connectivity index (χ4v) is 3.40. The van der Waals surface area contributed by atoms with Gasteiger partial charge in [0, 0.05) is 22.7 Å². The molecule has 0 spiro atoms. The Morgan fingerprint density at radius 1 is 1.12 bits per heavy atom. The number of ether oxygens (including phenoxy) is 2. The smallest absolute Gasteiger partial charge is 0.246 e. The third-order valence-corrected chi connectivity index (χ3v) is 4.98. The molecular weight excluding hydrogens is 410 g/mol. The molecule has 0 radical (unpaired) electrons. The molecule has 4 rings (SSSR count). The molecule has 0 saturated carbocycles. The molecule has 0 aliphatic rings. The van der Waals surface area contributed by atoms with Gasteiger partial charge in [-0.05, 0) is 56.7 Å². The molecule has 10 heteroatoms. The molecule has 10 nitrogen and oxygen atoms in total. The minimum atomic E-state index is -0.771. The minimum Gasteiger partial charge on any atom is -0.493 e. The highest BCUT2D eigenvalue weighted by Gasteiger charge is 2.14. The van der Waals surface area contributed by atoms with E-state index in [1.54, 1.807) is 19.4 Å². The van der Waals surface area contributed by atoms with Gasteiger partial charge in [0.15, 0.2) is 17.3 Å². The highest BCUT2D eigenvalue weighted by atomic mass is 16.5. The number of anilines is 2. The molecule has 0 aliphatic carbocycles. The Kier molecular flexibility index (Phi) is 6.24. The third-order valence-electron chi connectivity index (χ3n) is 4.98. The molecule has 0 saturated heterocycles. The zero-order valence-electron chi connectivity index (χ0n) is 18.4. The van der Waals surface area contributed by atoms with Crippen LogP contribution in [0.5, 0.6) is 11.5 Å². The topological polar surface area (TPSA) is 133 Å². The van der Waals surface area contributed by atoms with E-state index >= 15 is 0 Å². The largest absolute Gasteiger partial charge is 0.493 e. The monoisotopic (exact) mass is 437 g/mol. The van der Waals surface area contributed by atoms with Gasteiger partial charge in [-0.15, -0.1) is 5.10 Å². The molecule has 0 bridgehead atoms. The molecule has 1 unspecified atom stereocenters. The first-order valence-electron chi connectivity index (χ1n) is 10.3. The van der Waals surface area contributed by atoms with Gasteiger partial charge < -0.3 is 19.9 Å². The third kappa shape index (κ3) is 4.66. The van der Waals surface area contributed by atoms with Crippen molar-refractivity contribution in [1.82, 2.24) is 30.7 Å². The number of methoxy groups -OCH3 is 1. The SMILES string of the molecule is COc1cc(-c2nc(Nc3ccc4[nH]ncc4c3C)n[nH]2)ccc1OCC(O)NC(C)C. The van der Waals surface area contributed by atoms with Gasteiger partial charge in [-0.2, -0.15) is 10.1 Å². The average molecular weight is 438 g/mol. The van der Waals surface area contributed by atoms with Gasteiger partial charge in [0.05, 0.1) is 18.8 Å². The van der Waals surface area contributed by atoms with E-state index in [2.05, 4.69) is 36.0 Å². The molecular formula is C22H27N7O3. The number of aliphatic hydroxyl groups is 1. The zero-order chi connectivity index (χ0) is 22.7. The second kappa shape index (κ2) is 9.25. The highest BCUT2D eigenvalue weighted by Crippen LogP contribution is 2.32. The second-order valence-corrected chi connectivity index (χ2v) is 7.72. The summed E-state index contributed by atoms with van der Waals surface area (Å²) in [4.78, 5) is 4.55. The Labute approximate surface area is 185 Å². The maximum Gasteiger partial charge on any atom is 0.246 e. The molecule has 2 aromatic heterocycles. The number of aliphatic hydroxyl groups excluding tert-OH is 1. The fourth-order valence-electron chi connectivity index (χ4n) is 3.40. The summed E-state index contributed by atoms with van der Waals surface area (Å²) in [6.45, 7) is 6.03. The highest BCUT2D eigenvalue weighted by molar-refractivity contribution is 5.87. The first kappa shape index (κ1) is 21.6. The molecule has 0 fully saturated rings. The van der Waals surface area contributed by atoms with Crippen molar-refractivity contribution in [1.29, 1.82) is 0 Å². The van der Waals surface area contributed by atoms with E-state index < -0.39 is 6.23 Å². The van der Waals surface area contributed by atoms with Gasteiger partial charge in [-0.1, -0.05) is 0 Å². The van der Waals surface area contributed by atoms with Crippen molar-refractivity contribution in [2.24, 2.45) is 0 Å². The lowest BCUT2D eigenvalue weighted by Gasteiger charge is -2.17. The summed E-state index contributed by atoms with van der Waals surface area (Å²) in [5.74, 6) is 2.10. The van der Waals surface area contributed by atoms with Crippen LogP contribution in [0.1, 0.15) is 19.4 Å². The first-order chi connectivity index (χ1) is 15.4. The number of nitrogens with zero attached hydrogens (tertiary/aromatic N) is 3. The Balaban J connectivity index is 1.48. The number of H-pyrrole nitrogens is 2. The summed E-state index contributed by atoms with van der Waals surface area (Å²) in [5, 5.41) is 31.5. The number of aromatic nitrogens is 5. The van der Waals surface area contributed by atoms with Crippen molar-refractivity contribution in [3.63, 3.8) is 0 Å². The van der Waals surface area contributed by atoms with Crippen LogP contribution >= 0.6 is 0 Å². The van der Waals surface area contributed by atoms with Gasteiger partial charge in [-0.3, -0.25) is 15.5 Å². The van der Waals surface area contributed by atoms with E-state index in [-0.39, 0.29) is 12.6 Å². The van der Waals surface area contributed by atoms with E-state index in [0.29, 0.717) is 23.3 Å². The molecule has 0 amide bonds. The normalized spacial score (nSPS) is 12.3. The predicted molar refractivity (Wildman–Crippen MR) is 122 cm³/mol. The van der Waals surface area contributed by atoms with Crippen LogP contribution in [0.3, 0.4) is 0 Å². The van der Waals surface area contributed by atoms with E-state index in [9.17, 15) is 5.11 Å². The molecule has 2 aromatic carbocycles. The summed E-state index contributed by atoms with van der Waals surface area (Å²) < 4.78 is 11.2. The molecule has 1 atom stereocenters. The van der Waals surface area contributed by atoms with E-state index in [0.717, 1.165) is 27.7 Å². The number of hydrogen-bond acceptors (Lipinski definition) is 8. The Bertz CT molecular complexity index is 1200. The average Bonchev–Trinajstić information content (AvgIpc) is 3.43. The lowest BCUT2D eigenvalue weighted by atomic mass is 10.1. The number of aryl methyl sites for hydroxylation is 1. The lowest BCUT2D eigenvalue weighted by molar-refractivity contribution is 0.0707. The van der Waals surface area contributed by atoms with Crippen LogP contribution in [0.4, 0.5) is 11.6 Å². The van der Waals surface area contributed by atoms with Crippen molar-refractivity contribution < 1.29 is 14.6 Å². The van der Waals surface area contributed by atoms with E-state index in [4.69, 9.17) is 9.47 Å². The van der Waals surface area contributed by atoms with Crippen LogP contribution in [-0.4, -0.2) is 56.5 Å². The van der Waals surface area contributed by atoms with Gasteiger partial charge in [0.1, 0.15) is 12.8 Å². The van der Waals surface area contributed by atoms with Crippen molar-refractivity contribution in [3.05, 3.63) is 42.1 Å². The van der Waals surface area contributed by atoms with Crippen LogP contribution < -0.4 is 20.1 Å². The molecule has 0 aliphatic heterocycles. The second-order valence-electron chi connectivity index (χ2n) is 7.72. The van der Waals surface area contributed by atoms with Gasteiger partial charge >= 0.3 is 0 Å². The van der Waals surface area contributed by atoms with Crippen LogP contribution in [0.15, 0.2) is 36.5 Å². The number of fused-ring (bicyclic) bond motifs is 1. The van der Waals surface area contributed by atoms with Crippen LogP contribution in [0.25, 0.3) is 22.3 Å². The van der Waals surface area contributed by atoms with E-state index in [1.165, 1.54) is 0 Å². The number of hydrogen-bond donors (Lipinski definition) is 5. The van der Waals surface area contributed by atoms with Gasteiger partial charge in [-0.25, -0.2) is 0 Å². The Morgan fingerprint density at radius 2 is 1.97 bits per heavy atom.